The topological polar surface area (TPSA) is 66.5 Å². The van der Waals surface area contributed by atoms with Crippen molar-refractivity contribution < 1.29 is 18.4 Å². The Morgan fingerprint density at radius 3 is 2.56 bits per heavy atom. The zero-order valence-electron chi connectivity index (χ0n) is 17.4. The Balaban J connectivity index is 1.87. The van der Waals surface area contributed by atoms with Crippen molar-refractivity contribution in [1.29, 1.82) is 0 Å². The maximum Gasteiger partial charge on any atom is 0.416 e. The number of hydrogen-bond donors (Lipinski definition) is 1. The molecule has 0 spiro atoms. The Kier molecular flexibility index (Phi) is 6.07. The largest absolute Gasteiger partial charge is 0.416 e. The molecule has 10 heteroatoms. The first-order valence-corrected chi connectivity index (χ1v) is 10.4. The molecule has 0 fully saturated rings. The lowest BCUT2D eigenvalue weighted by molar-refractivity contribution is -0.137. The van der Waals surface area contributed by atoms with Crippen LogP contribution in [0.25, 0.3) is 5.69 Å². The smallest absolute Gasteiger partial charge is 0.314 e. The number of alkyl halides is 3. The summed E-state index contributed by atoms with van der Waals surface area (Å²) in [5, 5.41) is 20.0. The average Bonchev–Trinajstić information content (AvgIpc) is 3.07. The summed E-state index contributed by atoms with van der Waals surface area (Å²) in [5.74, 6) is 0.854. The van der Waals surface area contributed by atoms with Gasteiger partial charge in [-0.15, -0.1) is 10.2 Å². The molecule has 0 aliphatic carbocycles. The highest BCUT2D eigenvalue weighted by molar-refractivity contribution is 6.35. The highest BCUT2D eigenvalue weighted by Gasteiger charge is 2.33. The molecule has 3 aromatic rings. The van der Waals surface area contributed by atoms with Gasteiger partial charge in [-0.25, -0.2) is 0 Å². The second-order valence-corrected chi connectivity index (χ2v) is 8.16. The summed E-state index contributed by atoms with van der Waals surface area (Å²) in [7, 11) is 0. The maximum atomic E-state index is 13.6. The number of aromatic nitrogens is 3. The van der Waals surface area contributed by atoms with Crippen molar-refractivity contribution in [2.75, 3.05) is 6.54 Å². The summed E-state index contributed by atoms with van der Waals surface area (Å²) >= 11 is 6.38. The molecule has 1 aromatic heterocycles. The van der Waals surface area contributed by atoms with Crippen LogP contribution in [0.15, 0.2) is 47.5 Å². The molecule has 6 nitrogen and oxygen atoms in total. The fourth-order valence-electron chi connectivity index (χ4n) is 3.58. The fourth-order valence-corrected chi connectivity index (χ4v) is 3.81. The normalized spacial score (nSPS) is 13.7. The lowest BCUT2D eigenvalue weighted by Crippen LogP contribution is -2.29. The van der Waals surface area contributed by atoms with E-state index in [9.17, 15) is 18.4 Å². The van der Waals surface area contributed by atoms with Crippen molar-refractivity contribution >= 4 is 17.3 Å². The van der Waals surface area contributed by atoms with E-state index in [2.05, 4.69) is 15.2 Å². The Morgan fingerprint density at radius 1 is 1.12 bits per heavy atom. The monoisotopic (exact) mass is 463 g/mol. The standard InChI is InChI=1S/C22H21ClF3N5O/c1-13(2)30(32)10-9-19-28-29-20-12-27-21(15-5-3-4-6-17(15)23)16-8-7-14(22(24,25)26)11-18(16)31(19)20/h3-8,11,13,32H,9-10,12H2,1-2H3. The minimum atomic E-state index is -4.52. The molecule has 1 aliphatic heterocycles. The van der Waals surface area contributed by atoms with E-state index in [1.165, 1.54) is 6.07 Å². The van der Waals surface area contributed by atoms with E-state index >= 15 is 0 Å². The second-order valence-electron chi connectivity index (χ2n) is 7.75. The first-order chi connectivity index (χ1) is 15.2. The van der Waals surface area contributed by atoms with Crippen LogP contribution in [-0.2, 0) is 19.1 Å². The van der Waals surface area contributed by atoms with E-state index in [1.54, 1.807) is 28.8 Å². The second kappa shape index (κ2) is 8.65. The van der Waals surface area contributed by atoms with Crippen molar-refractivity contribution in [3.05, 3.63) is 75.8 Å². The number of nitrogens with zero attached hydrogens (tertiary/aromatic N) is 5. The summed E-state index contributed by atoms with van der Waals surface area (Å²) in [6.45, 7) is 4.04. The van der Waals surface area contributed by atoms with Gasteiger partial charge in [0.2, 0.25) is 0 Å². The van der Waals surface area contributed by atoms with Crippen LogP contribution in [0.1, 0.15) is 42.2 Å². The lowest BCUT2D eigenvalue weighted by atomic mass is 9.98. The van der Waals surface area contributed by atoms with Gasteiger partial charge in [0.25, 0.3) is 0 Å². The predicted molar refractivity (Wildman–Crippen MR) is 114 cm³/mol. The zero-order chi connectivity index (χ0) is 23.0. The third kappa shape index (κ3) is 4.28. The molecular weight excluding hydrogens is 443 g/mol. The number of benzene rings is 2. The summed E-state index contributed by atoms with van der Waals surface area (Å²) < 4.78 is 42.3. The number of fused-ring (bicyclic) bond motifs is 3. The van der Waals surface area contributed by atoms with Crippen molar-refractivity contribution in [3.63, 3.8) is 0 Å². The molecule has 168 valence electrons. The van der Waals surface area contributed by atoms with Crippen molar-refractivity contribution in [2.45, 2.75) is 39.0 Å². The number of hydroxylamine groups is 2. The van der Waals surface area contributed by atoms with Gasteiger partial charge in [-0.2, -0.15) is 18.2 Å². The Hall–Kier alpha value is -2.75. The van der Waals surface area contributed by atoms with E-state index in [-0.39, 0.29) is 24.8 Å². The van der Waals surface area contributed by atoms with Crippen LogP contribution in [-0.4, -0.2) is 43.3 Å². The number of aliphatic imine (C=N–C) groups is 1. The molecule has 0 saturated heterocycles. The van der Waals surface area contributed by atoms with Gasteiger partial charge in [-0.3, -0.25) is 9.56 Å². The van der Waals surface area contributed by atoms with Gasteiger partial charge in [-0.1, -0.05) is 35.9 Å². The molecule has 2 heterocycles. The van der Waals surface area contributed by atoms with Crippen LogP contribution in [0.5, 0.6) is 0 Å². The molecule has 1 N–H and O–H groups in total. The molecular formula is C22H21ClF3N5O. The van der Waals surface area contributed by atoms with Gasteiger partial charge < -0.3 is 5.21 Å². The van der Waals surface area contributed by atoms with E-state index in [1.807, 2.05) is 13.8 Å². The van der Waals surface area contributed by atoms with Gasteiger partial charge in [0.1, 0.15) is 12.4 Å². The third-order valence-electron chi connectivity index (χ3n) is 5.29. The van der Waals surface area contributed by atoms with E-state index in [0.717, 1.165) is 17.2 Å². The molecule has 0 atom stereocenters. The van der Waals surface area contributed by atoms with Crippen molar-refractivity contribution in [2.24, 2.45) is 4.99 Å². The van der Waals surface area contributed by atoms with Crippen LogP contribution >= 0.6 is 11.6 Å². The Morgan fingerprint density at radius 2 is 1.88 bits per heavy atom. The minimum absolute atomic E-state index is 0.110. The molecule has 0 saturated carbocycles. The molecule has 0 amide bonds. The summed E-state index contributed by atoms with van der Waals surface area (Å²) in [6.07, 6.45) is -4.23. The van der Waals surface area contributed by atoms with Gasteiger partial charge in [0.15, 0.2) is 5.82 Å². The summed E-state index contributed by atoms with van der Waals surface area (Å²) in [5.41, 5.74) is 1.10. The number of halogens is 4. The molecule has 2 aromatic carbocycles. The minimum Gasteiger partial charge on any atom is -0.314 e. The molecule has 0 radical (unpaired) electrons. The maximum absolute atomic E-state index is 13.6. The predicted octanol–water partition coefficient (Wildman–Crippen LogP) is 4.93. The fraction of sp³-hybridized carbons (Fsp3) is 0.318. The molecule has 1 aliphatic rings. The molecule has 4 rings (SSSR count). The molecule has 0 bridgehead atoms. The molecule has 0 unspecified atom stereocenters. The van der Waals surface area contributed by atoms with Crippen molar-refractivity contribution in [3.8, 4) is 5.69 Å². The zero-order valence-corrected chi connectivity index (χ0v) is 18.2. The lowest BCUT2D eigenvalue weighted by Gasteiger charge is -2.19. The van der Waals surface area contributed by atoms with E-state index in [0.29, 0.717) is 39.9 Å². The van der Waals surface area contributed by atoms with E-state index in [4.69, 9.17) is 11.6 Å². The van der Waals surface area contributed by atoms with Crippen LogP contribution in [0, 0.1) is 0 Å². The van der Waals surface area contributed by atoms with Gasteiger partial charge >= 0.3 is 6.18 Å². The quantitative estimate of drug-likeness (QED) is 0.545. The SMILES string of the molecule is CC(C)N(O)CCc1nnc2n1-c1cc(C(F)(F)F)ccc1C(c1ccccc1Cl)=NC2. The van der Waals surface area contributed by atoms with E-state index < -0.39 is 11.7 Å². The van der Waals surface area contributed by atoms with Crippen molar-refractivity contribution in [1.82, 2.24) is 19.8 Å². The third-order valence-corrected chi connectivity index (χ3v) is 5.62. The first-order valence-electron chi connectivity index (χ1n) is 10.1. The number of rotatable bonds is 5. The highest BCUT2D eigenvalue weighted by atomic mass is 35.5. The first kappa shape index (κ1) is 22.4. The van der Waals surface area contributed by atoms with Gasteiger partial charge in [0, 0.05) is 35.2 Å². The highest BCUT2D eigenvalue weighted by Crippen LogP contribution is 2.35. The van der Waals surface area contributed by atoms with Gasteiger partial charge in [0.05, 0.1) is 17.0 Å². The van der Waals surface area contributed by atoms with Crippen LogP contribution in [0.3, 0.4) is 0 Å². The Labute approximate surface area is 187 Å². The molecule has 32 heavy (non-hydrogen) atoms. The summed E-state index contributed by atoms with van der Waals surface area (Å²) in [4.78, 5) is 4.63. The van der Waals surface area contributed by atoms with Gasteiger partial charge in [-0.05, 0) is 32.0 Å². The van der Waals surface area contributed by atoms with Crippen LogP contribution in [0.4, 0.5) is 13.2 Å². The summed E-state index contributed by atoms with van der Waals surface area (Å²) in [6, 6.07) is 10.5. The van der Waals surface area contributed by atoms with Crippen LogP contribution in [0.2, 0.25) is 5.02 Å². The Bertz CT molecular complexity index is 1170. The number of hydrogen-bond acceptors (Lipinski definition) is 5. The average molecular weight is 464 g/mol. The van der Waals surface area contributed by atoms with Crippen LogP contribution < -0.4 is 0 Å².